The van der Waals surface area contributed by atoms with Crippen molar-refractivity contribution in [3.8, 4) is 0 Å². The Morgan fingerprint density at radius 2 is 1.92 bits per heavy atom. The van der Waals surface area contributed by atoms with Gasteiger partial charge in [-0.25, -0.2) is 8.42 Å². The number of morpholine rings is 1. The molecule has 0 aliphatic carbocycles. The molecule has 1 saturated heterocycles. The van der Waals surface area contributed by atoms with Crippen molar-refractivity contribution in [3.63, 3.8) is 0 Å². The van der Waals surface area contributed by atoms with Crippen LogP contribution in [0, 0.1) is 0 Å². The van der Waals surface area contributed by atoms with Gasteiger partial charge in [-0.2, -0.15) is 4.31 Å². The van der Waals surface area contributed by atoms with Crippen molar-refractivity contribution < 1.29 is 17.9 Å². The van der Waals surface area contributed by atoms with E-state index in [1.54, 1.807) is 30.1 Å². The van der Waals surface area contributed by atoms with E-state index in [-0.39, 0.29) is 29.1 Å². The number of benzene rings is 1. The molecule has 1 heterocycles. The summed E-state index contributed by atoms with van der Waals surface area (Å²) in [5.74, 6) is -0.171. The predicted octanol–water partition coefficient (Wildman–Crippen LogP) is 2.36. The van der Waals surface area contributed by atoms with Crippen LogP contribution in [0.4, 0.5) is 0 Å². The summed E-state index contributed by atoms with van der Waals surface area (Å²) in [7, 11) is -1.91. The summed E-state index contributed by atoms with van der Waals surface area (Å²) < 4.78 is 33.0. The highest BCUT2D eigenvalue weighted by molar-refractivity contribution is 7.89. The van der Waals surface area contributed by atoms with Gasteiger partial charge in [-0.3, -0.25) is 4.79 Å². The summed E-state index contributed by atoms with van der Waals surface area (Å²) >= 11 is 0. The van der Waals surface area contributed by atoms with Crippen molar-refractivity contribution in [2.24, 2.45) is 0 Å². The van der Waals surface area contributed by atoms with Crippen LogP contribution in [-0.4, -0.2) is 61.9 Å². The van der Waals surface area contributed by atoms with E-state index >= 15 is 0 Å². The van der Waals surface area contributed by atoms with Crippen molar-refractivity contribution in [1.29, 1.82) is 0 Å². The smallest absolute Gasteiger partial charge is 0.253 e. The molecule has 2 rings (SSSR count). The molecule has 1 aromatic rings. The number of carbonyl (C=O) groups excluding carboxylic acids is 1. The molecule has 1 aliphatic heterocycles. The Morgan fingerprint density at radius 1 is 1.32 bits per heavy atom. The molecule has 25 heavy (non-hydrogen) atoms. The third-order valence-corrected chi connectivity index (χ3v) is 6.50. The normalized spacial score (nSPS) is 23.2. The largest absolute Gasteiger partial charge is 0.373 e. The van der Waals surface area contributed by atoms with Gasteiger partial charge in [0, 0.05) is 31.7 Å². The van der Waals surface area contributed by atoms with E-state index in [9.17, 15) is 13.2 Å². The number of carbonyl (C=O) groups is 1. The van der Waals surface area contributed by atoms with E-state index in [1.807, 2.05) is 27.7 Å². The standard InChI is InChI=1S/C18H28N2O4S/c1-6-13(2)19(5)18(21)16-8-7-9-17(10-16)25(22,23)20-11-14(3)24-15(4)12-20/h7-10,13-15H,6,11-12H2,1-5H3. The summed E-state index contributed by atoms with van der Waals surface area (Å²) in [6.07, 6.45) is 0.531. The fourth-order valence-corrected chi connectivity index (χ4v) is 4.58. The lowest BCUT2D eigenvalue weighted by Crippen LogP contribution is -2.48. The number of amides is 1. The van der Waals surface area contributed by atoms with Crippen molar-refractivity contribution in [2.75, 3.05) is 20.1 Å². The first-order valence-corrected chi connectivity index (χ1v) is 10.1. The number of rotatable bonds is 5. The molecule has 1 aromatic carbocycles. The van der Waals surface area contributed by atoms with Crippen molar-refractivity contribution in [1.82, 2.24) is 9.21 Å². The predicted molar refractivity (Wildman–Crippen MR) is 97.1 cm³/mol. The van der Waals surface area contributed by atoms with Gasteiger partial charge in [0.05, 0.1) is 17.1 Å². The Hall–Kier alpha value is -1.44. The molecule has 6 nitrogen and oxygen atoms in total. The SMILES string of the molecule is CCC(C)N(C)C(=O)c1cccc(S(=O)(=O)N2CC(C)OC(C)C2)c1. The van der Waals surface area contributed by atoms with Crippen LogP contribution in [0.3, 0.4) is 0 Å². The number of hydrogen-bond acceptors (Lipinski definition) is 4. The van der Waals surface area contributed by atoms with E-state index in [0.29, 0.717) is 18.7 Å². The zero-order valence-corrected chi connectivity index (χ0v) is 16.4. The molecule has 7 heteroatoms. The summed E-state index contributed by atoms with van der Waals surface area (Å²) in [4.78, 5) is 14.4. The highest BCUT2D eigenvalue weighted by atomic mass is 32.2. The van der Waals surface area contributed by atoms with Crippen molar-refractivity contribution in [3.05, 3.63) is 29.8 Å². The molecule has 1 amide bonds. The zero-order valence-electron chi connectivity index (χ0n) is 15.6. The average Bonchev–Trinajstić information content (AvgIpc) is 2.59. The Labute approximate surface area is 150 Å². The minimum Gasteiger partial charge on any atom is -0.373 e. The molecule has 3 atom stereocenters. The van der Waals surface area contributed by atoms with Crippen LogP contribution >= 0.6 is 0 Å². The summed E-state index contributed by atoms with van der Waals surface area (Å²) in [6.45, 7) is 8.33. The first-order chi connectivity index (χ1) is 11.7. The lowest BCUT2D eigenvalue weighted by atomic mass is 10.1. The van der Waals surface area contributed by atoms with Crippen LogP contribution in [0.2, 0.25) is 0 Å². The number of hydrogen-bond donors (Lipinski definition) is 0. The minimum atomic E-state index is -3.65. The Morgan fingerprint density at radius 3 is 2.48 bits per heavy atom. The molecule has 0 radical (unpaired) electrons. The van der Waals surface area contributed by atoms with Crippen LogP contribution in [-0.2, 0) is 14.8 Å². The van der Waals surface area contributed by atoms with Gasteiger partial charge in [-0.15, -0.1) is 0 Å². The highest BCUT2D eigenvalue weighted by Crippen LogP contribution is 2.22. The third-order valence-electron chi connectivity index (χ3n) is 4.68. The van der Waals surface area contributed by atoms with Crippen LogP contribution in [0.25, 0.3) is 0 Å². The Kier molecular flexibility index (Phi) is 6.24. The fraction of sp³-hybridized carbons (Fsp3) is 0.611. The molecule has 0 N–H and O–H groups in total. The van der Waals surface area contributed by atoms with Crippen LogP contribution in [0.15, 0.2) is 29.2 Å². The van der Waals surface area contributed by atoms with Crippen LogP contribution in [0.1, 0.15) is 44.5 Å². The molecule has 1 fully saturated rings. The Balaban J connectivity index is 2.29. The van der Waals surface area contributed by atoms with Gasteiger partial charge in [0.2, 0.25) is 10.0 Å². The molecule has 1 aliphatic rings. The van der Waals surface area contributed by atoms with E-state index < -0.39 is 10.0 Å². The second-order valence-corrected chi connectivity index (χ2v) is 8.72. The van der Waals surface area contributed by atoms with E-state index in [4.69, 9.17) is 4.74 Å². The quantitative estimate of drug-likeness (QED) is 0.800. The topological polar surface area (TPSA) is 66.9 Å². The van der Waals surface area contributed by atoms with Gasteiger partial charge in [0.25, 0.3) is 5.91 Å². The summed E-state index contributed by atoms with van der Waals surface area (Å²) in [6, 6.07) is 6.39. The van der Waals surface area contributed by atoms with E-state index in [0.717, 1.165) is 6.42 Å². The molecule has 3 unspecified atom stereocenters. The zero-order chi connectivity index (χ0) is 18.8. The third kappa shape index (κ3) is 4.40. The van der Waals surface area contributed by atoms with Crippen LogP contribution in [0.5, 0.6) is 0 Å². The van der Waals surface area contributed by atoms with Gasteiger partial charge < -0.3 is 9.64 Å². The summed E-state index contributed by atoms with van der Waals surface area (Å²) in [5, 5.41) is 0. The summed E-state index contributed by atoms with van der Waals surface area (Å²) in [5.41, 5.74) is 0.387. The van der Waals surface area contributed by atoms with E-state index in [1.165, 1.54) is 10.4 Å². The molecule has 0 aromatic heterocycles. The maximum absolute atomic E-state index is 13.0. The molecular formula is C18H28N2O4S. The molecule has 140 valence electrons. The first kappa shape index (κ1) is 19.9. The number of sulfonamides is 1. The van der Waals surface area contributed by atoms with Gasteiger partial charge in [-0.05, 0) is 45.4 Å². The van der Waals surface area contributed by atoms with Gasteiger partial charge in [0.1, 0.15) is 0 Å². The van der Waals surface area contributed by atoms with Crippen molar-refractivity contribution in [2.45, 2.75) is 57.3 Å². The number of nitrogens with zero attached hydrogens (tertiary/aromatic N) is 2. The first-order valence-electron chi connectivity index (χ1n) is 8.69. The van der Waals surface area contributed by atoms with Crippen LogP contribution < -0.4 is 0 Å². The van der Waals surface area contributed by atoms with Gasteiger partial charge in [-0.1, -0.05) is 13.0 Å². The Bertz CT molecular complexity index is 710. The second-order valence-electron chi connectivity index (χ2n) is 6.78. The average molecular weight is 368 g/mol. The highest BCUT2D eigenvalue weighted by Gasteiger charge is 2.32. The van der Waals surface area contributed by atoms with E-state index in [2.05, 4.69) is 0 Å². The maximum atomic E-state index is 13.0. The van der Waals surface area contributed by atoms with Gasteiger partial charge >= 0.3 is 0 Å². The fourth-order valence-electron chi connectivity index (χ4n) is 2.94. The minimum absolute atomic E-state index is 0.0914. The second kappa shape index (κ2) is 7.85. The molecular weight excluding hydrogens is 340 g/mol. The molecule has 0 bridgehead atoms. The van der Waals surface area contributed by atoms with Crippen molar-refractivity contribution >= 4 is 15.9 Å². The lowest BCUT2D eigenvalue weighted by Gasteiger charge is -2.34. The monoisotopic (exact) mass is 368 g/mol. The molecule has 0 spiro atoms. The lowest BCUT2D eigenvalue weighted by molar-refractivity contribution is -0.0440. The molecule has 0 saturated carbocycles. The van der Waals surface area contributed by atoms with Gasteiger partial charge in [0.15, 0.2) is 0 Å². The number of ether oxygens (including phenoxy) is 1. The maximum Gasteiger partial charge on any atom is 0.253 e.